The van der Waals surface area contributed by atoms with Gasteiger partial charge in [-0.05, 0) is 35.0 Å². The molecule has 0 saturated heterocycles. The van der Waals surface area contributed by atoms with E-state index in [0.29, 0.717) is 15.6 Å². The topological polar surface area (TPSA) is 23.8 Å². The summed E-state index contributed by atoms with van der Waals surface area (Å²) in [5, 5.41) is 15.2. The summed E-state index contributed by atoms with van der Waals surface area (Å²) < 4.78 is 0.985. The summed E-state index contributed by atoms with van der Waals surface area (Å²) in [4.78, 5) is 0. The van der Waals surface area contributed by atoms with Gasteiger partial charge in [0.25, 0.3) is 0 Å². The standard InChI is InChI=1S/C13H5Cl2NS/c14-8-4-10-9-1-2-17-13(9)7(6-16)3-11(10)12(15)5-8/h1-5H. The summed E-state index contributed by atoms with van der Waals surface area (Å²) >= 11 is 13.7. The summed E-state index contributed by atoms with van der Waals surface area (Å²) in [6.07, 6.45) is 0. The molecular formula is C13H5Cl2NS. The fourth-order valence-corrected chi connectivity index (χ4v) is 3.40. The lowest BCUT2D eigenvalue weighted by molar-refractivity contribution is 1.51. The van der Waals surface area contributed by atoms with Gasteiger partial charge in [-0.2, -0.15) is 5.26 Å². The molecule has 0 amide bonds. The summed E-state index contributed by atoms with van der Waals surface area (Å²) in [7, 11) is 0. The van der Waals surface area contributed by atoms with Crippen LogP contribution in [-0.4, -0.2) is 0 Å². The second-order valence-electron chi connectivity index (χ2n) is 3.68. The molecule has 0 aliphatic rings. The highest BCUT2D eigenvalue weighted by Gasteiger charge is 2.10. The van der Waals surface area contributed by atoms with E-state index in [1.807, 2.05) is 23.6 Å². The first kappa shape index (κ1) is 10.9. The second kappa shape index (κ2) is 3.89. The van der Waals surface area contributed by atoms with Crippen molar-refractivity contribution >= 4 is 55.4 Å². The van der Waals surface area contributed by atoms with Crippen LogP contribution in [0.5, 0.6) is 0 Å². The van der Waals surface area contributed by atoms with Crippen LogP contribution in [0.4, 0.5) is 0 Å². The van der Waals surface area contributed by atoms with Crippen LogP contribution < -0.4 is 0 Å². The van der Waals surface area contributed by atoms with Gasteiger partial charge in [-0.15, -0.1) is 11.3 Å². The van der Waals surface area contributed by atoms with Crippen molar-refractivity contribution in [3.8, 4) is 6.07 Å². The number of fused-ring (bicyclic) bond motifs is 3. The lowest BCUT2D eigenvalue weighted by atomic mass is 10.0. The zero-order chi connectivity index (χ0) is 12.0. The van der Waals surface area contributed by atoms with Gasteiger partial charge in [0.05, 0.1) is 10.3 Å². The smallest absolute Gasteiger partial charge is 0.101 e. The van der Waals surface area contributed by atoms with Crippen molar-refractivity contribution in [3.63, 3.8) is 0 Å². The average molecular weight is 278 g/mol. The van der Waals surface area contributed by atoms with E-state index in [2.05, 4.69) is 6.07 Å². The van der Waals surface area contributed by atoms with E-state index in [-0.39, 0.29) is 0 Å². The van der Waals surface area contributed by atoms with Crippen molar-refractivity contribution in [2.24, 2.45) is 0 Å². The van der Waals surface area contributed by atoms with Gasteiger partial charge < -0.3 is 0 Å². The third-order valence-corrected chi connectivity index (χ3v) is 4.18. The van der Waals surface area contributed by atoms with Crippen molar-refractivity contribution in [3.05, 3.63) is 45.3 Å². The third-order valence-electron chi connectivity index (χ3n) is 2.70. The summed E-state index contributed by atoms with van der Waals surface area (Å²) in [5.41, 5.74) is 0.659. The van der Waals surface area contributed by atoms with E-state index in [0.717, 1.165) is 20.9 Å². The number of benzene rings is 2. The van der Waals surface area contributed by atoms with E-state index < -0.39 is 0 Å². The van der Waals surface area contributed by atoms with Gasteiger partial charge in [0.1, 0.15) is 6.07 Å². The van der Waals surface area contributed by atoms with Crippen molar-refractivity contribution in [1.82, 2.24) is 0 Å². The van der Waals surface area contributed by atoms with Crippen molar-refractivity contribution in [2.45, 2.75) is 0 Å². The SMILES string of the molecule is N#Cc1cc2c(Cl)cc(Cl)cc2c2ccsc12. The molecule has 82 valence electrons. The number of nitriles is 1. The van der Waals surface area contributed by atoms with Crippen LogP contribution in [-0.2, 0) is 0 Å². The molecule has 0 spiro atoms. The molecule has 0 N–H and O–H groups in total. The third kappa shape index (κ3) is 1.59. The van der Waals surface area contributed by atoms with Gasteiger partial charge in [-0.3, -0.25) is 0 Å². The van der Waals surface area contributed by atoms with Crippen LogP contribution in [0.2, 0.25) is 10.0 Å². The number of nitrogens with zero attached hydrogens (tertiary/aromatic N) is 1. The number of hydrogen-bond donors (Lipinski definition) is 0. The molecule has 1 heterocycles. The summed E-state index contributed by atoms with van der Waals surface area (Å²) in [6.45, 7) is 0. The van der Waals surface area contributed by atoms with Crippen molar-refractivity contribution in [1.29, 1.82) is 5.26 Å². The normalized spacial score (nSPS) is 10.9. The molecule has 4 heteroatoms. The molecule has 0 radical (unpaired) electrons. The zero-order valence-electron chi connectivity index (χ0n) is 8.50. The molecular weight excluding hydrogens is 273 g/mol. The molecule has 0 atom stereocenters. The summed E-state index contributed by atoms with van der Waals surface area (Å²) in [5.74, 6) is 0. The Bertz CT molecular complexity index is 783. The van der Waals surface area contributed by atoms with Crippen LogP contribution >= 0.6 is 34.5 Å². The quantitative estimate of drug-likeness (QED) is 0.552. The highest BCUT2D eigenvalue weighted by molar-refractivity contribution is 7.17. The van der Waals surface area contributed by atoms with Gasteiger partial charge in [0.15, 0.2) is 0 Å². The average Bonchev–Trinajstić information content (AvgIpc) is 2.77. The van der Waals surface area contributed by atoms with E-state index in [1.54, 1.807) is 17.4 Å². The van der Waals surface area contributed by atoms with Crippen molar-refractivity contribution < 1.29 is 0 Å². The molecule has 3 rings (SSSR count). The first-order chi connectivity index (χ1) is 8.20. The van der Waals surface area contributed by atoms with Gasteiger partial charge in [0.2, 0.25) is 0 Å². The van der Waals surface area contributed by atoms with Crippen molar-refractivity contribution in [2.75, 3.05) is 0 Å². The Morgan fingerprint density at radius 2 is 1.88 bits per heavy atom. The monoisotopic (exact) mass is 277 g/mol. The molecule has 0 fully saturated rings. The highest BCUT2D eigenvalue weighted by Crippen LogP contribution is 2.37. The Morgan fingerprint density at radius 3 is 2.65 bits per heavy atom. The predicted octanol–water partition coefficient (Wildman–Crippen LogP) is 5.23. The maximum atomic E-state index is 9.15. The molecule has 0 aliphatic heterocycles. The van der Waals surface area contributed by atoms with Crippen LogP contribution in [0.25, 0.3) is 20.9 Å². The molecule has 0 saturated carbocycles. The minimum atomic E-state index is 0.581. The van der Waals surface area contributed by atoms with E-state index in [1.165, 1.54) is 0 Å². The molecule has 3 aromatic rings. The molecule has 0 aliphatic carbocycles. The number of rotatable bonds is 0. The van der Waals surface area contributed by atoms with Gasteiger partial charge in [-0.1, -0.05) is 23.2 Å². The molecule has 1 nitrogen and oxygen atoms in total. The fraction of sp³-hybridized carbons (Fsp3) is 0. The van der Waals surface area contributed by atoms with Gasteiger partial charge in [-0.25, -0.2) is 0 Å². The second-order valence-corrected chi connectivity index (χ2v) is 5.44. The number of hydrogen-bond acceptors (Lipinski definition) is 2. The Hall–Kier alpha value is -1.27. The maximum Gasteiger partial charge on any atom is 0.101 e. The van der Waals surface area contributed by atoms with E-state index in [9.17, 15) is 0 Å². The maximum absolute atomic E-state index is 9.15. The van der Waals surface area contributed by atoms with E-state index in [4.69, 9.17) is 28.5 Å². The molecule has 1 aromatic heterocycles. The fourth-order valence-electron chi connectivity index (χ4n) is 1.98. The summed E-state index contributed by atoms with van der Waals surface area (Å²) in [6, 6.07) is 9.62. The first-order valence-electron chi connectivity index (χ1n) is 4.90. The molecule has 0 unspecified atom stereocenters. The minimum Gasteiger partial charge on any atom is -0.192 e. The van der Waals surface area contributed by atoms with E-state index >= 15 is 0 Å². The Morgan fingerprint density at radius 1 is 1.06 bits per heavy atom. The Labute approximate surface area is 112 Å². The van der Waals surface area contributed by atoms with Gasteiger partial charge in [0, 0.05) is 20.8 Å². The Kier molecular flexibility index (Phi) is 2.48. The lowest BCUT2D eigenvalue weighted by Crippen LogP contribution is -1.81. The molecule has 2 aromatic carbocycles. The highest BCUT2D eigenvalue weighted by atomic mass is 35.5. The zero-order valence-corrected chi connectivity index (χ0v) is 10.8. The number of thiophene rings is 1. The molecule has 0 bridgehead atoms. The largest absolute Gasteiger partial charge is 0.192 e. The predicted molar refractivity (Wildman–Crippen MR) is 74.1 cm³/mol. The van der Waals surface area contributed by atoms with Crippen LogP contribution in [0.3, 0.4) is 0 Å². The molecule has 17 heavy (non-hydrogen) atoms. The van der Waals surface area contributed by atoms with Gasteiger partial charge >= 0.3 is 0 Å². The minimum absolute atomic E-state index is 0.581. The van der Waals surface area contributed by atoms with Crippen LogP contribution in [0, 0.1) is 11.3 Å². The van der Waals surface area contributed by atoms with Crippen LogP contribution in [0.15, 0.2) is 29.6 Å². The number of halogens is 2. The lowest BCUT2D eigenvalue weighted by Gasteiger charge is -2.04. The Balaban J connectivity index is 2.64. The first-order valence-corrected chi connectivity index (χ1v) is 6.53. The van der Waals surface area contributed by atoms with Crippen LogP contribution in [0.1, 0.15) is 5.56 Å².